The van der Waals surface area contributed by atoms with Crippen LogP contribution in [0.25, 0.3) is 0 Å². The van der Waals surface area contributed by atoms with Crippen LogP contribution < -0.4 is 0 Å². The molecule has 96 valence electrons. The van der Waals surface area contributed by atoms with Crippen molar-refractivity contribution in [2.45, 2.75) is 57.3 Å². The molecule has 2 rings (SSSR count). The minimum atomic E-state index is -1.01. The highest BCUT2D eigenvalue weighted by Crippen LogP contribution is 2.49. The standard InChI is InChI=1S/C12H18O5/c1-7(13)16-10-5-6-12(15)9(10)3-4-11(12)17-8(2)14/h9-11,15H,3-6H2,1-2H3/t9-,10-,11-,12-/m0/s1. The Balaban J connectivity index is 2.07. The second-order valence-corrected chi connectivity index (χ2v) is 4.96. The number of hydrogen-bond acceptors (Lipinski definition) is 5. The molecule has 0 aromatic carbocycles. The minimum Gasteiger partial charge on any atom is -0.462 e. The SMILES string of the molecule is CC(=O)O[C@H]1CC[C@@]2(O)[C@@H](OC(C)=O)CC[C@@H]12. The number of carbonyl (C=O) groups excluding carboxylic acids is 2. The molecule has 0 heterocycles. The van der Waals surface area contributed by atoms with Crippen LogP contribution in [0.15, 0.2) is 0 Å². The first-order chi connectivity index (χ1) is 7.93. The van der Waals surface area contributed by atoms with Crippen molar-refractivity contribution in [1.82, 2.24) is 0 Å². The molecule has 0 radical (unpaired) electrons. The number of aliphatic hydroxyl groups is 1. The number of fused-ring (bicyclic) bond motifs is 1. The molecule has 1 N–H and O–H groups in total. The van der Waals surface area contributed by atoms with E-state index in [1.165, 1.54) is 13.8 Å². The fourth-order valence-corrected chi connectivity index (χ4v) is 3.21. The van der Waals surface area contributed by atoms with Gasteiger partial charge >= 0.3 is 11.9 Å². The Morgan fingerprint density at radius 1 is 1.12 bits per heavy atom. The van der Waals surface area contributed by atoms with E-state index in [0.29, 0.717) is 19.3 Å². The zero-order valence-corrected chi connectivity index (χ0v) is 10.1. The predicted molar refractivity (Wildman–Crippen MR) is 58.0 cm³/mol. The lowest BCUT2D eigenvalue weighted by Gasteiger charge is -2.30. The fourth-order valence-electron chi connectivity index (χ4n) is 3.21. The second-order valence-electron chi connectivity index (χ2n) is 4.96. The number of esters is 2. The summed E-state index contributed by atoms with van der Waals surface area (Å²) in [5.74, 6) is -0.800. The van der Waals surface area contributed by atoms with E-state index in [9.17, 15) is 14.7 Å². The van der Waals surface area contributed by atoms with Crippen LogP contribution in [-0.2, 0) is 19.1 Å². The molecule has 2 aliphatic carbocycles. The molecule has 0 aromatic heterocycles. The fraction of sp³-hybridized carbons (Fsp3) is 0.833. The summed E-state index contributed by atoms with van der Waals surface area (Å²) in [5, 5.41) is 10.6. The van der Waals surface area contributed by atoms with Crippen LogP contribution in [-0.4, -0.2) is 34.9 Å². The van der Waals surface area contributed by atoms with Gasteiger partial charge in [0.15, 0.2) is 0 Å². The Morgan fingerprint density at radius 3 is 2.35 bits per heavy atom. The lowest BCUT2D eigenvalue weighted by Crippen LogP contribution is -2.43. The van der Waals surface area contributed by atoms with E-state index in [4.69, 9.17) is 9.47 Å². The summed E-state index contributed by atoms with van der Waals surface area (Å²) in [6.07, 6.45) is 1.83. The highest BCUT2D eigenvalue weighted by molar-refractivity contribution is 5.67. The molecule has 2 aliphatic rings. The Hall–Kier alpha value is -1.10. The Bertz CT molecular complexity index is 340. The third-order valence-corrected chi connectivity index (χ3v) is 3.84. The zero-order valence-electron chi connectivity index (χ0n) is 10.1. The van der Waals surface area contributed by atoms with Gasteiger partial charge in [-0.15, -0.1) is 0 Å². The third-order valence-electron chi connectivity index (χ3n) is 3.84. The summed E-state index contributed by atoms with van der Waals surface area (Å²) in [7, 11) is 0. The smallest absolute Gasteiger partial charge is 0.303 e. The molecule has 2 fully saturated rings. The van der Waals surface area contributed by atoms with Crippen molar-refractivity contribution >= 4 is 11.9 Å². The summed E-state index contributed by atoms with van der Waals surface area (Å²) >= 11 is 0. The quantitative estimate of drug-likeness (QED) is 0.724. The Labute approximate surface area is 100 Å². The number of ether oxygens (including phenoxy) is 2. The van der Waals surface area contributed by atoms with Gasteiger partial charge in [0, 0.05) is 19.8 Å². The molecule has 0 aliphatic heterocycles. The molecule has 0 saturated heterocycles. The van der Waals surface area contributed by atoms with Gasteiger partial charge in [0.1, 0.15) is 17.8 Å². The lowest BCUT2D eigenvalue weighted by atomic mass is 9.92. The topological polar surface area (TPSA) is 72.8 Å². The maximum Gasteiger partial charge on any atom is 0.303 e. The van der Waals surface area contributed by atoms with Crippen molar-refractivity contribution in [2.24, 2.45) is 5.92 Å². The van der Waals surface area contributed by atoms with E-state index in [0.717, 1.165) is 6.42 Å². The van der Waals surface area contributed by atoms with Crippen molar-refractivity contribution in [3.8, 4) is 0 Å². The third kappa shape index (κ3) is 2.16. The summed E-state index contributed by atoms with van der Waals surface area (Å²) in [6, 6.07) is 0. The normalized spacial score (nSPS) is 39.8. The van der Waals surface area contributed by atoms with Crippen molar-refractivity contribution in [3.63, 3.8) is 0 Å². The van der Waals surface area contributed by atoms with Gasteiger partial charge in [0.25, 0.3) is 0 Å². The van der Waals surface area contributed by atoms with Crippen LogP contribution in [0, 0.1) is 5.92 Å². The van der Waals surface area contributed by atoms with Crippen LogP contribution in [0.5, 0.6) is 0 Å². The average molecular weight is 242 g/mol. The maximum absolute atomic E-state index is 11.0. The molecule has 2 saturated carbocycles. The molecule has 5 heteroatoms. The molecule has 0 amide bonds. The molecule has 0 spiro atoms. The van der Waals surface area contributed by atoms with E-state index < -0.39 is 11.7 Å². The van der Waals surface area contributed by atoms with Gasteiger partial charge in [-0.3, -0.25) is 9.59 Å². The van der Waals surface area contributed by atoms with E-state index in [1.54, 1.807) is 0 Å². The average Bonchev–Trinajstić information content (AvgIpc) is 2.66. The first-order valence-corrected chi connectivity index (χ1v) is 6.00. The molecule has 0 aromatic rings. The van der Waals surface area contributed by atoms with Gasteiger partial charge in [-0.25, -0.2) is 0 Å². The van der Waals surface area contributed by atoms with Crippen LogP contribution in [0.1, 0.15) is 39.5 Å². The first-order valence-electron chi connectivity index (χ1n) is 6.00. The molecule has 0 bridgehead atoms. The summed E-state index contributed by atoms with van der Waals surface area (Å²) in [5.41, 5.74) is -1.01. The minimum absolute atomic E-state index is 0.101. The molecule has 0 unspecified atom stereocenters. The zero-order chi connectivity index (χ0) is 12.6. The van der Waals surface area contributed by atoms with Crippen molar-refractivity contribution < 1.29 is 24.2 Å². The van der Waals surface area contributed by atoms with Crippen LogP contribution in [0.2, 0.25) is 0 Å². The molecule has 5 nitrogen and oxygen atoms in total. The van der Waals surface area contributed by atoms with Gasteiger partial charge in [0.05, 0.1) is 0 Å². The number of carbonyl (C=O) groups is 2. The second kappa shape index (κ2) is 4.29. The molecular weight excluding hydrogens is 224 g/mol. The van der Waals surface area contributed by atoms with Gasteiger partial charge in [-0.2, -0.15) is 0 Å². The number of rotatable bonds is 2. The van der Waals surface area contributed by atoms with Crippen molar-refractivity contribution in [2.75, 3.05) is 0 Å². The van der Waals surface area contributed by atoms with Crippen LogP contribution >= 0.6 is 0 Å². The highest BCUT2D eigenvalue weighted by Gasteiger charge is 2.58. The van der Waals surface area contributed by atoms with Gasteiger partial charge in [-0.05, 0) is 25.7 Å². The monoisotopic (exact) mass is 242 g/mol. The summed E-state index contributed by atoms with van der Waals surface area (Å²) in [6.45, 7) is 2.71. The predicted octanol–water partition coefficient (Wildman–Crippen LogP) is 0.785. The van der Waals surface area contributed by atoms with E-state index in [1.807, 2.05) is 0 Å². The van der Waals surface area contributed by atoms with E-state index in [2.05, 4.69) is 0 Å². The van der Waals surface area contributed by atoms with E-state index >= 15 is 0 Å². The number of hydrogen-bond donors (Lipinski definition) is 1. The van der Waals surface area contributed by atoms with E-state index in [-0.39, 0.29) is 24.0 Å². The van der Waals surface area contributed by atoms with Crippen molar-refractivity contribution in [3.05, 3.63) is 0 Å². The lowest BCUT2D eigenvalue weighted by molar-refractivity contribution is -0.164. The molecular formula is C12H18O5. The van der Waals surface area contributed by atoms with Gasteiger partial charge < -0.3 is 14.6 Å². The van der Waals surface area contributed by atoms with Gasteiger partial charge in [0.2, 0.25) is 0 Å². The summed E-state index contributed by atoms with van der Waals surface area (Å²) in [4.78, 5) is 21.9. The summed E-state index contributed by atoms with van der Waals surface area (Å²) < 4.78 is 10.4. The molecule has 4 atom stereocenters. The van der Waals surface area contributed by atoms with Crippen molar-refractivity contribution in [1.29, 1.82) is 0 Å². The Morgan fingerprint density at radius 2 is 1.76 bits per heavy atom. The Kier molecular flexibility index (Phi) is 3.12. The van der Waals surface area contributed by atoms with Crippen LogP contribution in [0.3, 0.4) is 0 Å². The molecule has 17 heavy (non-hydrogen) atoms. The first kappa shape index (κ1) is 12.4. The maximum atomic E-state index is 11.0. The largest absolute Gasteiger partial charge is 0.462 e. The van der Waals surface area contributed by atoms with Gasteiger partial charge in [-0.1, -0.05) is 0 Å². The highest BCUT2D eigenvalue weighted by atomic mass is 16.6. The van der Waals surface area contributed by atoms with Crippen LogP contribution in [0.4, 0.5) is 0 Å².